The number of esters is 1. The van der Waals surface area contributed by atoms with Crippen molar-refractivity contribution in [1.82, 2.24) is 0 Å². The summed E-state index contributed by atoms with van der Waals surface area (Å²) < 4.78 is 48.8. The first kappa shape index (κ1) is 36.8. The molecule has 1 N–H and O–H groups in total. The van der Waals surface area contributed by atoms with Gasteiger partial charge in [-0.2, -0.15) is 0 Å². The van der Waals surface area contributed by atoms with Crippen molar-refractivity contribution in [3.63, 3.8) is 0 Å². The van der Waals surface area contributed by atoms with E-state index in [0.717, 1.165) is 24.8 Å². The highest BCUT2D eigenvalue weighted by atomic mass is 16.7. The molecular weight excluding hydrogens is 568 g/mol. The van der Waals surface area contributed by atoms with E-state index in [1.807, 2.05) is 37.3 Å². The van der Waals surface area contributed by atoms with Gasteiger partial charge in [-0.25, -0.2) is 0 Å². The average Bonchev–Trinajstić information content (AvgIpc) is 3.31. The van der Waals surface area contributed by atoms with E-state index in [-0.39, 0.29) is 63.2 Å². The minimum atomic E-state index is -0.529. The van der Waals surface area contributed by atoms with Gasteiger partial charge in [-0.3, -0.25) is 4.79 Å². The van der Waals surface area contributed by atoms with Crippen LogP contribution in [0.3, 0.4) is 0 Å². The van der Waals surface area contributed by atoms with Gasteiger partial charge in [-0.05, 0) is 44.1 Å². The Morgan fingerprint density at radius 2 is 1.73 bits per heavy atom. The van der Waals surface area contributed by atoms with Crippen molar-refractivity contribution in [1.29, 1.82) is 0 Å². The van der Waals surface area contributed by atoms with Crippen LogP contribution in [0.4, 0.5) is 0 Å². The number of carbonyl (C=O) groups is 1. The minimum absolute atomic E-state index is 0.0443. The Labute approximate surface area is 264 Å². The standard InChI is InChI=1S/C34H56O10/c1-7-12-27(19-35)29-17-28(40-21-37-5)25(3)32(41-22-38-6)33(42-23-39-20-26-13-9-8-10-14-26)31-24(2)18-34(4,44-31)16-11-15-30(36)43-29/h8-10,13-14,24-25,27-29,31-33,35H,7,11-12,15-23H2,1-6H3/t24-,25-,27-,28+,29+,31+,32?,33+,34-/m0/s1. The lowest BCUT2D eigenvalue weighted by molar-refractivity contribution is -0.232. The van der Waals surface area contributed by atoms with Gasteiger partial charge in [0.05, 0.1) is 30.5 Å². The molecule has 1 aromatic rings. The smallest absolute Gasteiger partial charge is 0.306 e. The molecule has 2 aliphatic heterocycles. The number of fused-ring (bicyclic) bond motifs is 2. The van der Waals surface area contributed by atoms with E-state index in [2.05, 4.69) is 20.8 Å². The van der Waals surface area contributed by atoms with Crippen LogP contribution in [-0.4, -0.2) is 88.4 Å². The van der Waals surface area contributed by atoms with Crippen LogP contribution >= 0.6 is 0 Å². The summed E-state index contributed by atoms with van der Waals surface area (Å²) in [6.07, 6.45) is 2.08. The number of aliphatic hydroxyl groups is 1. The van der Waals surface area contributed by atoms with Gasteiger partial charge in [0.25, 0.3) is 0 Å². The van der Waals surface area contributed by atoms with Crippen LogP contribution in [0.15, 0.2) is 30.3 Å². The van der Waals surface area contributed by atoms with Gasteiger partial charge in [0.2, 0.25) is 0 Å². The molecule has 2 fully saturated rings. The highest BCUT2D eigenvalue weighted by molar-refractivity contribution is 5.69. The summed E-state index contributed by atoms with van der Waals surface area (Å²) in [5.41, 5.74) is 0.622. The Kier molecular flexibility index (Phi) is 16.0. The van der Waals surface area contributed by atoms with Crippen LogP contribution in [0.5, 0.6) is 0 Å². The number of rotatable bonds is 15. The molecule has 0 amide bonds. The molecule has 0 saturated carbocycles. The number of aliphatic hydroxyl groups excluding tert-OH is 1. The normalized spacial score (nSPS) is 32.6. The lowest BCUT2D eigenvalue weighted by Gasteiger charge is -2.40. The molecule has 0 aliphatic carbocycles. The molecule has 2 aliphatic rings. The molecule has 9 atom stereocenters. The first-order valence-electron chi connectivity index (χ1n) is 16.2. The maximum absolute atomic E-state index is 13.1. The van der Waals surface area contributed by atoms with E-state index in [9.17, 15) is 9.90 Å². The second kappa shape index (κ2) is 19.1. The number of hydrogen-bond acceptors (Lipinski definition) is 10. The van der Waals surface area contributed by atoms with Crippen molar-refractivity contribution in [2.75, 3.05) is 41.2 Å². The monoisotopic (exact) mass is 624 g/mol. The lowest BCUT2D eigenvalue weighted by Crippen LogP contribution is -2.51. The van der Waals surface area contributed by atoms with Gasteiger partial charge in [0.1, 0.15) is 32.6 Å². The molecule has 0 radical (unpaired) electrons. The first-order chi connectivity index (χ1) is 21.2. The number of methoxy groups -OCH3 is 2. The van der Waals surface area contributed by atoms with E-state index < -0.39 is 30.0 Å². The van der Waals surface area contributed by atoms with Crippen LogP contribution in [-0.2, 0) is 49.3 Å². The highest BCUT2D eigenvalue weighted by Crippen LogP contribution is 2.42. The summed E-state index contributed by atoms with van der Waals surface area (Å²) in [5, 5.41) is 10.3. The van der Waals surface area contributed by atoms with E-state index >= 15 is 0 Å². The lowest BCUT2D eigenvalue weighted by atomic mass is 9.83. The third kappa shape index (κ3) is 11.0. The van der Waals surface area contributed by atoms with Crippen LogP contribution in [0.2, 0.25) is 0 Å². The summed E-state index contributed by atoms with van der Waals surface area (Å²) in [4.78, 5) is 13.1. The Bertz CT molecular complexity index is 932. The Balaban J connectivity index is 1.97. The van der Waals surface area contributed by atoms with E-state index in [4.69, 9.17) is 37.9 Å². The molecule has 10 heteroatoms. The Morgan fingerprint density at radius 3 is 2.41 bits per heavy atom. The topological polar surface area (TPSA) is 111 Å². The van der Waals surface area contributed by atoms with E-state index in [1.165, 1.54) is 0 Å². The zero-order chi connectivity index (χ0) is 32.0. The first-order valence-corrected chi connectivity index (χ1v) is 16.2. The van der Waals surface area contributed by atoms with Crippen molar-refractivity contribution < 1.29 is 47.8 Å². The largest absolute Gasteiger partial charge is 0.462 e. The minimum Gasteiger partial charge on any atom is -0.462 e. The van der Waals surface area contributed by atoms with Gasteiger partial charge >= 0.3 is 5.97 Å². The SMILES string of the molecule is CCC[C@@H](CO)[C@H]1C[C@@H](OCOC)[C@H](C)C(OCOC)[C@H](OCOCc2ccccc2)[C@@H]2O[C@@](C)(CCCC(=O)O1)C[C@@H]2C. The zero-order valence-electron chi connectivity index (χ0n) is 27.6. The fourth-order valence-electron chi connectivity index (χ4n) is 6.74. The van der Waals surface area contributed by atoms with E-state index in [1.54, 1.807) is 14.2 Å². The molecule has 1 aromatic carbocycles. The molecule has 3 rings (SSSR count). The quantitative estimate of drug-likeness (QED) is 0.158. The number of hydrogen-bond donors (Lipinski definition) is 1. The zero-order valence-corrected chi connectivity index (χ0v) is 27.6. The summed E-state index contributed by atoms with van der Waals surface area (Å²) in [6, 6.07) is 9.97. The van der Waals surface area contributed by atoms with Crippen molar-refractivity contribution in [3.8, 4) is 0 Å². The molecule has 2 bridgehead atoms. The molecule has 0 aromatic heterocycles. The molecule has 10 nitrogen and oxygen atoms in total. The maximum Gasteiger partial charge on any atom is 0.306 e. The third-order valence-electron chi connectivity index (χ3n) is 8.97. The van der Waals surface area contributed by atoms with E-state index in [0.29, 0.717) is 25.9 Å². The van der Waals surface area contributed by atoms with Crippen molar-refractivity contribution in [3.05, 3.63) is 35.9 Å². The Hall–Kier alpha value is -1.63. The molecule has 2 heterocycles. The number of carbonyl (C=O) groups excluding carboxylic acids is 1. The van der Waals surface area contributed by atoms with Gasteiger partial charge in [0.15, 0.2) is 0 Å². The predicted octanol–water partition coefficient (Wildman–Crippen LogP) is 5.24. The second-order valence-corrected chi connectivity index (χ2v) is 12.7. The average molecular weight is 625 g/mol. The molecule has 2 saturated heterocycles. The molecule has 252 valence electrons. The van der Waals surface area contributed by atoms with Crippen molar-refractivity contribution in [2.45, 2.75) is 115 Å². The van der Waals surface area contributed by atoms with Gasteiger partial charge < -0.3 is 43.0 Å². The number of cyclic esters (lactones) is 1. The van der Waals surface area contributed by atoms with Gasteiger partial charge in [-0.1, -0.05) is 57.5 Å². The molecule has 1 unspecified atom stereocenters. The highest BCUT2D eigenvalue weighted by Gasteiger charge is 2.49. The van der Waals surface area contributed by atoms with Crippen LogP contribution < -0.4 is 0 Å². The Morgan fingerprint density at radius 1 is 1.02 bits per heavy atom. The number of ether oxygens (including phenoxy) is 8. The third-order valence-corrected chi connectivity index (χ3v) is 8.97. The van der Waals surface area contributed by atoms with Gasteiger partial charge in [-0.15, -0.1) is 0 Å². The molecule has 0 spiro atoms. The fourth-order valence-corrected chi connectivity index (χ4v) is 6.74. The predicted molar refractivity (Wildman–Crippen MR) is 165 cm³/mol. The van der Waals surface area contributed by atoms with Crippen LogP contribution in [0, 0.1) is 17.8 Å². The summed E-state index contributed by atoms with van der Waals surface area (Å²) >= 11 is 0. The number of benzene rings is 1. The van der Waals surface area contributed by atoms with Crippen LogP contribution in [0.25, 0.3) is 0 Å². The fraction of sp³-hybridized carbons (Fsp3) is 0.794. The molecular formula is C34H56O10. The summed E-state index contributed by atoms with van der Waals surface area (Å²) in [5.74, 6) is -0.597. The van der Waals surface area contributed by atoms with Crippen molar-refractivity contribution >= 4 is 5.97 Å². The van der Waals surface area contributed by atoms with Crippen molar-refractivity contribution in [2.24, 2.45) is 17.8 Å². The maximum atomic E-state index is 13.1. The van der Waals surface area contributed by atoms with Gasteiger partial charge in [0, 0.05) is 45.5 Å². The summed E-state index contributed by atoms with van der Waals surface area (Å²) in [7, 11) is 3.16. The summed E-state index contributed by atoms with van der Waals surface area (Å²) in [6.45, 7) is 8.85. The van der Waals surface area contributed by atoms with Crippen LogP contribution in [0.1, 0.15) is 78.2 Å². The molecule has 44 heavy (non-hydrogen) atoms. The second-order valence-electron chi connectivity index (χ2n) is 12.7.